The van der Waals surface area contributed by atoms with Crippen LogP contribution in [-0.2, 0) is 32.7 Å². The van der Waals surface area contributed by atoms with Crippen molar-refractivity contribution in [2.24, 2.45) is 5.73 Å². The lowest BCUT2D eigenvalue weighted by Gasteiger charge is -2.19. The highest BCUT2D eigenvalue weighted by molar-refractivity contribution is 7.47. The molecule has 0 rings (SSSR count). The predicted molar refractivity (Wildman–Crippen MR) is 404 cm³/mol. The highest BCUT2D eigenvalue weighted by atomic mass is 31.2. The molecule has 0 saturated carbocycles. The van der Waals surface area contributed by atoms with Gasteiger partial charge in [0.25, 0.3) is 0 Å². The molecule has 0 heterocycles. The van der Waals surface area contributed by atoms with Crippen molar-refractivity contribution in [2.45, 2.75) is 431 Å². The van der Waals surface area contributed by atoms with Gasteiger partial charge in [0, 0.05) is 19.4 Å². The molecule has 0 saturated heterocycles. The van der Waals surface area contributed by atoms with Gasteiger partial charge in [-0.15, -0.1) is 0 Å². The second-order valence-corrected chi connectivity index (χ2v) is 29.1. The first kappa shape index (κ1) is 90.7. The van der Waals surface area contributed by atoms with Gasteiger partial charge in [-0.05, 0) is 77.0 Å². The SMILES string of the molecule is CC/C=C\C/C=C\C/C=C\C/C=C\CCCCCCCCCCCCCCCCCCCCCCCCCCCCCCC(=O)OC(COC(=O)CCCCCCCCCCCCCCCCCCCCC/C=C\CCCCCCCCCC)COP(=O)(O)OCCN. The fourth-order valence-corrected chi connectivity index (χ4v) is 13.2. The minimum Gasteiger partial charge on any atom is -0.462 e. The number of phosphoric ester groups is 1. The summed E-state index contributed by atoms with van der Waals surface area (Å²) in [6.07, 6.45) is 104. The molecule has 2 atom stereocenters. The maximum absolute atomic E-state index is 12.8. The molecule has 0 aromatic heterocycles. The molecule has 0 aromatic carbocycles. The minimum atomic E-state index is -4.39. The summed E-state index contributed by atoms with van der Waals surface area (Å²) >= 11 is 0. The summed E-state index contributed by atoms with van der Waals surface area (Å²) in [6.45, 7) is 3.71. The second kappa shape index (κ2) is 78.7. The van der Waals surface area contributed by atoms with Crippen LogP contribution in [0.5, 0.6) is 0 Å². The number of esters is 2. The van der Waals surface area contributed by atoms with E-state index in [-0.39, 0.29) is 38.6 Å². The minimum absolute atomic E-state index is 0.0560. The van der Waals surface area contributed by atoms with E-state index in [4.69, 9.17) is 24.3 Å². The number of allylic oxidation sites excluding steroid dienone is 10. The summed E-state index contributed by atoms with van der Waals surface area (Å²) in [5.41, 5.74) is 5.42. The van der Waals surface area contributed by atoms with Crippen LogP contribution in [0.4, 0.5) is 0 Å². The number of carbonyl (C=O) groups excluding carboxylic acids is 2. The first-order valence-corrected chi connectivity index (χ1v) is 42.3. The normalized spacial score (nSPS) is 13.1. The topological polar surface area (TPSA) is 134 Å². The summed E-state index contributed by atoms with van der Waals surface area (Å²) in [7, 11) is -4.39. The molecule has 0 fully saturated rings. The van der Waals surface area contributed by atoms with Crippen molar-refractivity contribution in [3.63, 3.8) is 0 Å². The van der Waals surface area contributed by atoms with E-state index in [1.165, 1.54) is 334 Å². The molecule has 93 heavy (non-hydrogen) atoms. The van der Waals surface area contributed by atoms with Gasteiger partial charge in [0.15, 0.2) is 6.10 Å². The standard InChI is InChI=1S/C83H156NO8P/c1-3-5-7-9-11-13-15-17-19-21-23-25-27-29-31-33-35-36-37-38-39-40-41-42-43-44-46-48-50-52-54-56-58-60-62-64-66-68-70-72-74-76-83(86)92-81(80-91-93(87,88)90-78-77-84)79-89-82(85)75-73-71-69-67-65-63-61-59-57-55-53-51-49-47-45-34-32-30-28-26-24-22-20-18-16-14-12-10-8-6-4-2/h5,7,11,13,17,19,22-25,81H,3-4,6,8-10,12,14-16,18,20-21,26-80,84H2,1-2H3,(H,87,88)/b7-5-,13-11-,19-17-,24-22-,25-23-. The Bertz CT molecular complexity index is 1710. The van der Waals surface area contributed by atoms with Crippen LogP contribution in [0.15, 0.2) is 60.8 Å². The van der Waals surface area contributed by atoms with Crippen LogP contribution in [0.3, 0.4) is 0 Å². The number of ether oxygens (including phenoxy) is 2. The Morgan fingerprint density at radius 2 is 0.591 bits per heavy atom. The number of hydrogen-bond acceptors (Lipinski definition) is 8. The van der Waals surface area contributed by atoms with Crippen molar-refractivity contribution in [3.8, 4) is 0 Å². The summed E-state index contributed by atoms with van der Waals surface area (Å²) in [4.78, 5) is 35.5. The highest BCUT2D eigenvalue weighted by Crippen LogP contribution is 2.43. The molecule has 0 aliphatic rings. The van der Waals surface area contributed by atoms with E-state index in [9.17, 15) is 19.0 Å². The molecule has 3 N–H and O–H groups in total. The summed E-state index contributed by atoms with van der Waals surface area (Å²) < 4.78 is 33.3. The van der Waals surface area contributed by atoms with Gasteiger partial charge in [-0.3, -0.25) is 18.6 Å². The number of phosphoric acid groups is 1. The molecule has 10 heteroatoms. The van der Waals surface area contributed by atoms with E-state index in [2.05, 4.69) is 74.6 Å². The number of nitrogens with two attached hydrogens (primary N) is 1. The quantitative estimate of drug-likeness (QED) is 0.0264. The lowest BCUT2D eigenvalue weighted by Crippen LogP contribution is -2.29. The van der Waals surface area contributed by atoms with Gasteiger partial charge in [0.1, 0.15) is 6.61 Å². The van der Waals surface area contributed by atoms with Crippen molar-refractivity contribution < 1.29 is 37.6 Å². The molecule has 2 unspecified atom stereocenters. The smallest absolute Gasteiger partial charge is 0.462 e. The molecule has 0 spiro atoms. The van der Waals surface area contributed by atoms with Crippen molar-refractivity contribution in [1.82, 2.24) is 0 Å². The monoisotopic (exact) mass is 1330 g/mol. The molecule has 0 bridgehead atoms. The van der Waals surface area contributed by atoms with Gasteiger partial charge in [-0.1, -0.05) is 396 Å². The van der Waals surface area contributed by atoms with Crippen LogP contribution in [0.25, 0.3) is 0 Å². The molecular formula is C83H156NO8P. The predicted octanol–water partition coefficient (Wildman–Crippen LogP) is 27.3. The van der Waals surface area contributed by atoms with E-state index in [1.807, 2.05) is 0 Å². The van der Waals surface area contributed by atoms with Crippen molar-refractivity contribution >= 4 is 19.8 Å². The lowest BCUT2D eigenvalue weighted by molar-refractivity contribution is -0.161. The third kappa shape index (κ3) is 78.6. The van der Waals surface area contributed by atoms with E-state index in [0.29, 0.717) is 6.42 Å². The average molecular weight is 1330 g/mol. The average Bonchev–Trinajstić information content (AvgIpc) is 3.49. The Labute approximate surface area is 578 Å². The zero-order valence-corrected chi connectivity index (χ0v) is 62.7. The van der Waals surface area contributed by atoms with Crippen LogP contribution < -0.4 is 5.73 Å². The molecule has 0 aliphatic carbocycles. The van der Waals surface area contributed by atoms with Crippen LogP contribution in [0.2, 0.25) is 0 Å². The number of rotatable bonds is 78. The maximum atomic E-state index is 12.8. The highest BCUT2D eigenvalue weighted by Gasteiger charge is 2.26. The largest absolute Gasteiger partial charge is 0.472 e. The Hall–Kier alpha value is -2.29. The Kier molecular flexibility index (Phi) is 76.8. The van der Waals surface area contributed by atoms with Gasteiger partial charge >= 0.3 is 19.8 Å². The molecule has 0 amide bonds. The first-order chi connectivity index (χ1) is 45.8. The summed E-state index contributed by atoms with van der Waals surface area (Å²) in [5.74, 6) is -0.801. The van der Waals surface area contributed by atoms with Crippen LogP contribution >= 0.6 is 7.82 Å². The maximum Gasteiger partial charge on any atom is 0.472 e. The number of hydrogen-bond donors (Lipinski definition) is 2. The molecule has 9 nitrogen and oxygen atoms in total. The van der Waals surface area contributed by atoms with Crippen molar-refractivity contribution in [3.05, 3.63) is 60.8 Å². The van der Waals surface area contributed by atoms with Crippen LogP contribution in [0.1, 0.15) is 425 Å². The third-order valence-electron chi connectivity index (χ3n) is 18.4. The summed E-state index contributed by atoms with van der Waals surface area (Å²) in [6, 6.07) is 0. The van der Waals surface area contributed by atoms with Gasteiger partial charge in [0.2, 0.25) is 0 Å². The van der Waals surface area contributed by atoms with E-state index in [0.717, 1.165) is 57.8 Å². The van der Waals surface area contributed by atoms with Gasteiger partial charge < -0.3 is 20.1 Å². The van der Waals surface area contributed by atoms with E-state index >= 15 is 0 Å². The lowest BCUT2D eigenvalue weighted by atomic mass is 10.0. The number of unbranched alkanes of at least 4 members (excludes halogenated alkanes) is 55. The molecule has 546 valence electrons. The zero-order valence-electron chi connectivity index (χ0n) is 61.8. The third-order valence-corrected chi connectivity index (χ3v) is 19.4. The number of carbonyl (C=O) groups is 2. The van der Waals surface area contributed by atoms with Gasteiger partial charge in [-0.25, -0.2) is 4.57 Å². The Balaban J connectivity index is 3.73. The summed E-state index contributed by atoms with van der Waals surface area (Å²) in [5, 5.41) is 0. The molecular weight excluding hydrogens is 1170 g/mol. The Morgan fingerprint density at radius 1 is 0.333 bits per heavy atom. The van der Waals surface area contributed by atoms with E-state index in [1.54, 1.807) is 0 Å². The van der Waals surface area contributed by atoms with E-state index < -0.39 is 26.5 Å². The molecule has 0 radical (unpaired) electrons. The first-order valence-electron chi connectivity index (χ1n) is 40.8. The fourth-order valence-electron chi connectivity index (χ4n) is 12.4. The van der Waals surface area contributed by atoms with Crippen LogP contribution in [0, 0.1) is 0 Å². The molecule has 0 aliphatic heterocycles. The van der Waals surface area contributed by atoms with Gasteiger partial charge in [-0.2, -0.15) is 0 Å². The fraction of sp³-hybridized carbons (Fsp3) is 0.855. The van der Waals surface area contributed by atoms with Crippen molar-refractivity contribution in [2.75, 3.05) is 26.4 Å². The molecule has 0 aromatic rings. The van der Waals surface area contributed by atoms with Gasteiger partial charge in [0.05, 0.1) is 13.2 Å². The Morgan fingerprint density at radius 3 is 0.892 bits per heavy atom. The van der Waals surface area contributed by atoms with Crippen LogP contribution in [-0.4, -0.2) is 49.3 Å². The zero-order chi connectivity index (χ0) is 67.2. The second-order valence-electron chi connectivity index (χ2n) is 27.6. The van der Waals surface area contributed by atoms with Crippen molar-refractivity contribution in [1.29, 1.82) is 0 Å².